The second-order valence-corrected chi connectivity index (χ2v) is 8.04. The van der Waals surface area contributed by atoms with Crippen LogP contribution in [0.25, 0.3) is 0 Å². The molecule has 1 unspecified atom stereocenters. The zero-order chi connectivity index (χ0) is 17.5. The molecule has 1 atom stereocenters. The molecule has 25 heavy (non-hydrogen) atoms. The predicted molar refractivity (Wildman–Crippen MR) is 92.6 cm³/mol. The highest BCUT2D eigenvalue weighted by molar-refractivity contribution is 7.09. The van der Waals surface area contributed by atoms with Gasteiger partial charge in [0.25, 0.3) is 5.92 Å². The first kappa shape index (κ1) is 16.8. The van der Waals surface area contributed by atoms with E-state index in [-0.39, 0.29) is 18.8 Å². The molecule has 2 aromatic heterocycles. The van der Waals surface area contributed by atoms with Crippen molar-refractivity contribution in [1.82, 2.24) is 9.88 Å². The Morgan fingerprint density at radius 3 is 2.76 bits per heavy atom. The Bertz CT molecular complexity index is 737. The van der Waals surface area contributed by atoms with Gasteiger partial charge in [0.05, 0.1) is 5.41 Å². The first-order chi connectivity index (χ1) is 12.0. The smallest absolute Gasteiger partial charge is 0.257 e. The zero-order valence-corrected chi connectivity index (χ0v) is 14.6. The van der Waals surface area contributed by atoms with Crippen LogP contribution in [-0.4, -0.2) is 42.0 Å². The van der Waals surface area contributed by atoms with Gasteiger partial charge >= 0.3 is 0 Å². The Hall–Kier alpha value is -1.60. The normalized spacial score (nSPS) is 26.4. The molecule has 2 saturated heterocycles. The lowest BCUT2D eigenvalue weighted by Crippen LogP contribution is -2.56. The third-order valence-corrected chi connectivity index (χ3v) is 6.26. The summed E-state index contributed by atoms with van der Waals surface area (Å²) in [6.07, 6.45) is 1.72. The summed E-state index contributed by atoms with van der Waals surface area (Å²) in [4.78, 5) is 9.04. The Kier molecular flexibility index (Phi) is 4.24. The lowest BCUT2D eigenvalue weighted by atomic mass is 9.75. The number of likely N-dealkylation sites (tertiary alicyclic amines) is 1. The van der Waals surface area contributed by atoms with Gasteiger partial charge < -0.3 is 4.90 Å². The van der Waals surface area contributed by atoms with Crippen molar-refractivity contribution in [2.75, 3.05) is 31.1 Å². The fraction of sp³-hybridized carbons (Fsp3) is 0.500. The van der Waals surface area contributed by atoms with Crippen LogP contribution in [0.2, 0.25) is 0 Å². The first-order valence-electron chi connectivity index (χ1n) is 8.47. The van der Waals surface area contributed by atoms with E-state index in [1.807, 2.05) is 17.5 Å². The third-order valence-electron chi connectivity index (χ3n) is 5.40. The number of hydrogen-bond acceptors (Lipinski definition) is 4. The minimum absolute atomic E-state index is 0.142. The summed E-state index contributed by atoms with van der Waals surface area (Å²) in [5, 5.41) is 2.00. The monoisotopic (exact) mass is 367 g/mol. The molecule has 1 spiro atoms. The van der Waals surface area contributed by atoms with E-state index in [0.717, 1.165) is 0 Å². The van der Waals surface area contributed by atoms with Crippen molar-refractivity contribution in [2.45, 2.75) is 25.3 Å². The number of rotatable bonds is 3. The maximum atomic E-state index is 14.8. The lowest BCUT2D eigenvalue weighted by Gasteiger charge is -2.45. The molecule has 0 radical (unpaired) electrons. The van der Waals surface area contributed by atoms with Crippen molar-refractivity contribution in [3.05, 3.63) is 46.5 Å². The van der Waals surface area contributed by atoms with Crippen LogP contribution in [0, 0.1) is 11.2 Å². The summed E-state index contributed by atoms with van der Waals surface area (Å²) >= 11 is 1.65. The van der Waals surface area contributed by atoms with Crippen LogP contribution in [-0.2, 0) is 6.54 Å². The van der Waals surface area contributed by atoms with Gasteiger partial charge in [0, 0.05) is 50.2 Å². The Morgan fingerprint density at radius 1 is 1.12 bits per heavy atom. The molecule has 134 valence electrons. The van der Waals surface area contributed by atoms with Gasteiger partial charge in [-0.2, -0.15) is 0 Å². The molecule has 0 bridgehead atoms. The number of thiophene rings is 1. The zero-order valence-electron chi connectivity index (χ0n) is 13.8. The fourth-order valence-electron chi connectivity index (χ4n) is 4.04. The Morgan fingerprint density at radius 2 is 2.00 bits per heavy atom. The number of halogens is 3. The van der Waals surface area contributed by atoms with E-state index in [0.29, 0.717) is 32.6 Å². The summed E-state index contributed by atoms with van der Waals surface area (Å²) in [6.45, 7) is 1.99. The summed E-state index contributed by atoms with van der Waals surface area (Å²) in [5.74, 6) is -3.00. The molecule has 0 aromatic carbocycles. The van der Waals surface area contributed by atoms with Crippen LogP contribution < -0.4 is 4.90 Å². The van der Waals surface area contributed by atoms with Crippen LogP contribution in [0.15, 0.2) is 35.8 Å². The average molecular weight is 367 g/mol. The molecule has 0 aliphatic carbocycles. The molecule has 4 heterocycles. The van der Waals surface area contributed by atoms with E-state index in [4.69, 9.17) is 0 Å². The third kappa shape index (κ3) is 3.04. The van der Waals surface area contributed by atoms with Gasteiger partial charge in [-0.25, -0.2) is 18.2 Å². The molecule has 2 fully saturated rings. The van der Waals surface area contributed by atoms with Gasteiger partial charge in [-0.05, 0) is 30.0 Å². The van der Waals surface area contributed by atoms with E-state index in [2.05, 4.69) is 9.88 Å². The van der Waals surface area contributed by atoms with E-state index >= 15 is 0 Å². The standard InChI is InChI=1S/C18H20F3N3S/c19-15-4-1-7-22-16(15)24-9-5-17(13-24)12-23(8-6-18(17,20)21)11-14-3-2-10-25-14/h1-4,7,10H,5-6,8-9,11-13H2. The van der Waals surface area contributed by atoms with E-state index in [9.17, 15) is 13.2 Å². The molecule has 0 N–H and O–H groups in total. The molecule has 0 saturated carbocycles. The molecule has 4 rings (SSSR count). The molecule has 2 aliphatic rings. The van der Waals surface area contributed by atoms with Crippen molar-refractivity contribution in [1.29, 1.82) is 0 Å². The van der Waals surface area contributed by atoms with Gasteiger partial charge in [-0.3, -0.25) is 4.90 Å². The number of aromatic nitrogens is 1. The van der Waals surface area contributed by atoms with Crippen molar-refractivity contribution < 1.29 is 13.2 Å². The Labute approximate surface area is 149 Å². The second-order valence-electron chi connectivity index (χ2n) is 7.01. The van der Waals surface area contributed by atoms with Gasteiger partial charge in [-0.15, -0.1) is 11.3 Å². The maximum absolute atomic E-state index is 14.8. The average Bonchev–Trinajstić information content (AvgIpc) is 3.23. The highest BCUT2D eigenvalue weighted by atomic mass is 32.1. The molecular formula is C18H20F3N3S. The minimum Gasteiger partial charge on any atom is -0.353 e. The van der Waals surface area contributed by atoms with Crippen molar-refractivity contribution in [3.8, 4) is 0 Å². The summed E-state index contributed by atoms with van der Waals surface area (Å²) in [6, 6.07) is 6.86. The van der Waals surface area contributed by atoms with Crippen molar-refractivity contribution >= 4 is 17.2 Å². The largest absolute Gasteiger partial charge is 0.353 e. The van der Waals surface area contributed by atoms with Crippen molar-refractivity contribution in [2.24, 2.45) is 5.41 Å². The van der Waals surface area contributed by atoms with Crippen LogP contribution in [0.5, 0.6) is 0 Å². The molecule has 2 aromatic rings. The van der Waals surface area contributed by atoms with Gasteiger partial charge in [0.1, 0.15) is 0 Å². The second kappa shape index (κ2) is 6.29. The number of anilines is 1. The highest BCUT2D eigenvalue weighted by Crippen LogP contribution is 2.50. The van der Waals surface area contributed by atoms with E-state index in [1.165, 1.54) is 23.2 Å². The van der Waals surface area contributed by atoms with Crippen molar-refractivity contribution in [3.63, 3.8) is 0 Å². The summed E-state index contributed by atoms with van der Waals surface area (Å²) < 4.78 is 43.7. The van der Waals surface area contributed by atoms with E-state index < -0.39 is 17.2 Å². The van der Waals surface area contributed by atoms with Crippen LogP contribution in [0.3, 0.4) is 0 Å². The molecular weight excluding hydrogens is 347 g/mol. The van der Waals surface area contributed by atoms with Gasteiger partial charge in [-0.1, -0.05) is 6.07 Å². The summed E-state index contributed by atoms with van der Waals surface area (Å²) in [7, 11) is 0. The van der Waals surface area contributed by atoms with E-state index in [1.54, 1.807) is 16.2 Å². The molecule has 2 aliphatic heterocycles. The van der Waals surface area contributed by atoms with Crippen LogP contribution in [0.4, 0.5) is 19.0 Å². The maximum Gasteiger partial charge on any atom is 0.257 e. The highest BCUT2D eigenvalue weighted by Gasteiger charge is 2.59. The topological polar surface area (TPSA) is 19.4 Å². The molecule has 3 nitrogen and oxygen atoms in total. The molecule has 0 amide bonds. The SMILES string of the molecule is Fc1cccnc1N1CCC2(CN(Cc3cccs3)CCC2(F)F)C1. The van der Waals surface area contributed by atoms with Gasteiger partial charge in [0.2, 0.25) is 0 Å². The van der Waals surface area contributed by atoms with Crippen LogP contribution in [0.1, 0.15) is 17.7 Å². The number of pyridine rings is 1. The number of hydrogen-bond donors (Lipinski definition) is 0. The first-order valence-corrected chi connectivity index (χ1v) is 9.35. The van der Waals surface area contributed by atoms with Crippen LogP contribution >= 0.6 is 11.3 Å². The summed E-state index contributed by atoms with van der Waals surface area (Å²) in [5.41, 5.74) is -1.13. The number of nitrogens with zero attached hydrogens (tertiary/aromatic N) is 3. The molecule has 7 heteroatoms. The van der Waals surface area contributed by atoms with Gasteiger partial charge in [0.15, 0.2) is 11.6 Å². The minimum atomic E-state index is -2.74. The number of alkyl halides is 2. The Balaban J connectivity index is 1.55. The lowest BCUT2D eigenvalue weighted by molar-refractivity contribution is -0.158. The predicted octanol–water partition coefficient (Wildman–Crippen LogP) is 4.02. The fourth-order valence-corrected chi connectivity index (χ4v) is 4.78. The number of piperidine rings is 1. The quantitative estimate of drug-likeness (QED) is 0.817.